The van der Waals surface area contributed by atoms with Crippen LogP contribution in [-0.2, 0) is 13.2 Å². The molecule has 2 aromatic carbocycles. The van der Waals surface area contributed by atoms with Gasteiger partial charge in [-0.15, -0.1) is 0 Å². The first-order chi connectivity index (χ1) is 10.0. The van der Waals surface area contributed by atoms with E-state index in [1.807, 2.05) is 0 Å². The average molecular weight is 295 g/mol. The maximum absolute atomic E-state index is 13.1. The predicted octanol–water partition coefficient (Wildman–Crippen LogP) is 2.94. The number of nitro groups is 1. The Morgan fingerprint density at radius 1 is 1.10 bits per heavy atom. The van der Waals surface area contributed by atoms with Crippen LogP contribution in [0.1, 0.15) is 11.1 Å². The van der Waals surface area contributed by atoms with Gasteiger partial charge in [0.25, 0.3) is 0 Å². The van der Waals surface area contributed by atoms with Crippen molar-refractivity contribution in [2.45, 2.75) is 13.2 Å². The Balaban J connectivity index is 2.21. The molecule has 0 heterocycles. The molecule has 0 radical (unpaired) electrons. The minimum atomic E-state index is -1.02. The summed E-state index contributed by atoms with van der Waals surface area (Å²) in [6.45, 7) is -0.452. The molecule has 0 saturated carbocycles. The van der Waals surface area contributed by atoms with E-state index in [1.165, 1.54) is 24.3 Å². The standard InChI is InChI=1S/C14H11F2NO4/c15-11-3-1-10(5-12(11)16)8-21-14-6-9(7-18)2-4-13(14)17(19)20/h1-6,18H,7-8H2. The first-order valence-electron chi connectivity index (χ1n) is 5.96. The van der Waals surface area contributed by atoms with Gasteiger partial charge in [-0.05, 0) is 35.4 Å². The summed E-state index contributed by atoms with van der Waals surface area (Å²) in [6.07, 6.45) is 0. The van der Waals surface area contributed by atoms with Crippen molar-refractivity contribution in [3.05, 3.63) is 69.3 Å². The normalized spacial score (nSPS) is 10.4. The molecule has 21 heavy (non-hydrogen) atoms. The van der Waals surface area contributed by atoms with Gasteiger partial charge in [-0.25, -0.2) is 8.78 Å². The molecule has 7 heteroatoms. The van der Waals surface area contributed by atoms with Crippen LogP contribution in [0.5, 0.6) is 5.75 Å². The fourth-order valence-electron chi connectivity index (χ4n) is 1.71. The van der Waals surface area contributed by atoms with Gasteiger partial charge in [-0.1, -0.05) is 6.07 Å². The third-order valence-corrected chi connectivity index (χ3v) is 2.78. The van der Waals surface area contributed by atoms with E-state index in [0.29, 0.717) is 11.1 Å². The molecule has 110 valence electrons. The van der Waals surface area contributed by atoms with Crippen LogP contribution in [0.15, 0.2) is 36.4 Å². The third kappa shape index (κ3) is 3.51. The fraction of sp³-hybridized carbons (Fsp3) is 0.143. The van der Waals surface area contributed by atoms with E-state index in [0.717, 1.165) is 12.1 Å². The summed E-state index contributed by atoms with van der Waals surface area (Å²) >= 11 is 0. The Morgan fingerprint density at radius 2 is 1.81 bits per heavy atom. The Kier molecular flexibility index (Phi) is 4.44. The Bertz CT molecular complexity index is 676. The van der Waals surface area contributed by atoms with Gasteiger partial charge in [-0.2, -0.15) is 0 Å². The van der Waals surface area contributed by atoms with Gasteiger partial charge in [0, 0.05) is 6.07 Å². The van der Waals surface area contributed by atoms with E-state index in [9.17, 15) is 18.9 Å². The largest absolute Gasteiger partial charge is 0.482 e. The van der Waals surface area contributed by atoms with Crippen LogP contribution >= 0.6 is 0 Å². The lowest BCUT2D eigenvalue weighted by molar-refractivity contribution is -0.386. The lowest BCUT2D eigenvalue weighted by Crippen LogP contribution is -2.01. The molecule has 2 aromatic rings. The number of hydrogen-bond acceptors (Lipinski definition) is 4. The van der Waals surface area contributed by atoms with Gasteiger partial charge in [-0.3, -0.25) is 10.1 Å². The molecule has 0 unspecified atom stereocenters. The zero-order chi connectivity index (χ0) is 15.4. The highest BCUT2D eigenvalue weighted by Crippen LogP contribution is 2.29. The minimum absolute atomic E-state index is 0.0451. The van der Waals surface area contributed by atoms with Crippen molar-refractivity contribution in [1.82, 2.24) is 0 Å². The monoisotopic (exact) mass is 295 g/mol. The van der Waals surface area contributed by atoms with E-state index in [4.69, 9.17) is 9.84 Å². The molecule has 2 rings (SSSR count). The molecule has 1 N–H and O–H groups in total. The summed E-state index contributed by atoms with van der Waals surface area (Å²) in [5.74, 6) is -2.04. The van der Waals surface area contributed by atoms with Crippen molar-refractivity contribution < 1.29 is 23.5 Å². The molecular weight excluding hydrogens is 284 g/mol. The van der Waals surface area contributed by atoms with Gasteiger partial charge >= 0.3 is 5.69 Å². The number of nitrogens with zero attached hydrogens (tertiary/aromatic N) is 1. The molecule has 0 bridgehead atoms. The summed E-state index contributed by atoms with van der Waals surface area (Å²) in [4.78, 5) is 10.3. The summed E-state index contributed by atoms with van der Waals surface area (Å²) < 4.78 is 31.1. The molecule has 0 fully saturated rings. The minimum Gasteiger partial charge on any atom is -0.482 e. The second-order valence-corrected chi connectivity index (χ2v) is 4.25. The molecule has 5 nitrogen and oxygen atoms in total. The van der Waals surface area contributed by atoms with Crippen LogP contribution < -0.4 is 4.74 Å². The molecular formula is C14H11F2NO4. The van der Waals surface area contributed by atoms with Crippen LogP contribution in [0, 0.1) is 21.7 Å². The van der Waals surface area contributed by atoms with Crippen molar-refractivity contribution in [3.8, 4) is 5.75 Å². The first kappa shape index (κ1) is 14.9. The summed E-state index contributed by atoms with van der Waals surface area (Å²) in [5.41, 5.74) is 0.508. The Labute approximate surface area is 118 Å². The van der Waals surface area contributed by atoms with Crippen molar-refractivity contribution >= 4 is 5.69 Å². The van der Waals surface area contributed by atoms with E-state index in [2.05, 4.69) is 0 Å². The molecule has 0 amide bonds. The van der Waals surface area contributed by atoms with E-state index >= 15 is 0 Å². The zero-order valence-corrected chi connectivity index (χ0v) is 10.8. The highest BCUT2D eigenvalue weighted by molar-refractivity contribution is 5.48. The van der Waals surface area contributed by atoms with Crippen LogP contribution in [0.25, 0.3) is 0 Å². The maximum atomic E-state index is 13.1. The van der Waals surface area contributed by atoms with Crippen molar-refractivity contribution in [1.29, 1.82) is 0 Å². The van der Waals surface area contributed by atoms with E-state index in [1.54, 1.807) is 0 Å². The quantitative estimate of drug-likeness (QED) is 0.680. The molecule has 0 aliphatic heterocycles. The van der Waals surface area contributed by atoms with E-state index in [-0.39, 0.29) is 24.7 Å². The first-order valence-corrected chi connectivity index (χ1v) is 5.96. The molecule has 0 atom stereocenters. The van der Waals surface area contributed by atoms with Gasteiger partial charge in [0.1, 0.15) is 6.61 Å². The van der Waals surface area contributed by atoms with Gasteiger partial charge in [0.2, 0.25) is 0 Å². The third-order valence-electron chi connectivity index (χ3n) is 2.78. The van der Waals surface area contributed by atoms with Crippen LogP contribution in [0.3, 0.4) is 0 Å². The smallest absolute Gasteiger partial charge is 0.310 e. The SMILES string of the molecule is O=[N+]([O-])c1ccc(CO)cc1OCc1ccc(F)c(F)c1. The molecule has 0 aliphatic carbocycles. The average Bonchev–Trinajstić information content (AvgIpc) is 2.48. The van der Waals surface area contributed by atoms with Crippen molar-refractivity contribution in [2.24, 2.45) is 0 Å². The lowest BCUT2D eigenvalue weighted by Gasteiger charge is -2.08. The number of nitro benzene ring substituents is 1. The Hall–Kier alpha value is -2.54. The van der Waals surface area contributed by atoms with Crippen LogP contribution in [-0.4, -0.2) is 10.0 Å². The summed E-state index contributed by atoms with van der Waals surface area (Å²) in [7, 11) is 0. The fourth-order valence-corrected chi connectivity index (χ4v) is 1.71. The lowest BCUT2D eigenvalue weighted by atomic mass is 10.2. The molecule has 0 saturated heterocycles. The highest BCUT2D eigenvalue weighted by Gasteiger charge is 2.16. The number of aliphatic hydroxyl groups is 1. The van der Waals surface area contributed by atoms with E-state index < -0.39 is 16.6 Å². The molecule has 0 aliphatic rings. The van der Waals surface area contributed by atoms with Crippen molar-refractivity contribution in [2.75, 3.05) is 0 Å². The number of hydrogen-bond donors (Lipinski definition) is 1. The molecule has 0 spiro atoms. The van der Waals surface area contributed by atoms with Crippen LogP contribution in [0.4, 0.5) is 14.5 Å². The predicted molar refractivity (Wildman–Crippen MR) is 69.7 cm³/mol. The summed E-state index contributed by atoms with van der Waals surface area (Å²) in [5, 5.41) is 19.9. The zero-order valence-electron chi connectivity index (χ0n) is 10.8. The van der Waals surface area contributed by atoms with Gasteiger partial charge in [0.05, 0.1) is 11.5 Å². The highest BCUT2D eigenvalue weighted by atomic mass is 19.2. The topological polar surface area (TPSA) is 72.6 Å². The number of benzene rings is 2. The Morgan fingerprint density at radius 3 is 2.43 bits per heavy atom. The number of aliphatic hydroxyl groups excluding tert-OH is 1. The summed E-state index contributed by atoms with van der Waals surface area (Å²) in [6, 6.07) is 7.18. The second kappa shape index (κ2) is 6.27. The van der Waals surface area contributed by atoms with Crippen LogP contribution in [0.2, 0.25) is 0 Å². The number of rotatable bonds is 5. The van der Waals surface area contributed by atoms with Gasteiger partial charge in [0.15, 0.2) is 17.4 Å². The maximum Gasteiger partial charge on any atom is 0.310 e. The van der Waals surface area contributed by atoms with Gasteiger partial charge < -0.3 is 9.84 Å². The second-order valence-electron chi connectivity index (χ2n) is 4.25. The number of halogens is 2. The van der Waals surface area contributed by atoms with Crippen molar-refractivity contribution in [3.63, 3.8) is 0 Å². The molecule has 0 aromatic heterocycles. The number of ether oxygens (including phenoxy) is 1.